The molecule has 0 radical (unpaired) electrons. The number of carbonyl (C=O) groups excluding carboxylic acids is 3. The van der Waals surface area contributed by atoms with Gasteiger partial charge in [0.25, 0.3) is 17.7 Å². The molecular weight excluding hydrogens is 1280 g/mol. The summed E-state index contributed by atoms with van der Waals surface area (Å²) in [7, 11) is 0. The molecule has 6 N–H and O–H groups in total. The van der Waals surface area contributed by atoms with E-state index >= 15 is 0 Å². The van der Waals surface area contributed by atoms with Crippen molar-refractivity contribution in [3.05, 3.63) is 298 Å². The van der Waals surface area contributed by atoms with Crippen molar-refractivity contribution in [2.24, 2.45) is 35.0 Å². The number of hydrogen-bond donors (Lipinski definition) is 3. The summed E-state index contributed by atoms with van der Waals surface area (Å²) in [5, 5.41) is 0. The number of hydrogen-bond acceptors (Lipinski definition) is 10. The quantitative estimate of drug-likeness (QED) is 0.0444. The third kappa shape index (κ3) is 18.5. The minimum absolute atomic E-state index is 0.0200. The van der Waals surface area contributed by atoms with Crippen LogP contribution in [0.1, 0.15) is 167 Å². The van der Waals surface area contributed by atoms with E-state index in [2.05, 4.69) is 177 Å². The maximum Gasteiger partial charge on any atom is 0.273 e. The molecule has 103 heavy (non-hydrogen) atoms. The number of imidazole rings is 3. The van der Waals surface area contributed by atoms with Crippen LogP contribution in [0.2, 0.25) is 0 Å². The van der Waals surface area contributed by atoms with E-state index in [1.54, 1.807) is 12.3 Å². The maximum absolute atomic E-state index is 13.9. The molecule has 0 bridgehead atoms. The van der Waals surface area contributed by atoms with Crippen LogP contribution in [0.5, 0.6) is 0 Å². The Kier molecular flexibility index (Phi) is 26.3. The summed E-state index contributed by atoms with van der Waals surface area (Å²) in [5.41, 5.74) is 33.8. The highest BCUT2D eigenvalue weighted by Gasteiger charge is 2.36. The summed E-state index contributed by atoms with van der Waals surface area (Å²) in [6.07, 6.45) is 3.84. The lowest BCUT2D eigenvalue weighted by Gasteiger charge is -2.34. The van der Waals surface area contributed by atoms with Crippen LogP contribution in [0, 0.1) is 45.4 Å². The van der Waals surface area contributed by atoms with Gasteiger partial charge in [-0.1, -0.05) is 204 Å². The van der Waals surface area contributed by atoms with E-state index in [4.69, 9.17) is 32.2 Å². The van der Waals surface area contributed by atoms with Gasteiger partial charge in [-0.2, -0.15) is 0 Å². The Hall–Kier alpha value is -10.4. The van der Waals surface area contributed by atoms with Crippen molar-refractivity contribution in [2.75, 3.05) is 39.3 Å². The molecule has 3 atom stereocenters. The zero-order chi connectivity index (χ0) is 73.1. The van der Waals surface area contributed by atoms with Crippen LogP contribution in [-0.4, -0.2) is 105 Å². The fourth-order valence-corrected chi connectivity index (χ4v) is 13.8. The number of pyridine rings is 1. The molecule has 0 saturated heterocycles. The fourth-order valence-electron chi connectivity index (χ4n) is 13.8. The van der Waals surface area contributed by atoms with Crippen molar-refractivity contribution >= 4 is 50.8 Å². The maximum atomic E-state index is 13.9. The first-order valence-corrected chi connectivity index (χ1v) is 36.5. The summed E-state index contributed by atoms with van der Waals surface area (Å²) in [6, 6.07) is 72.6. The van der Waals surface area contributed by atoms with E-state index in [-0.39, 0.29) is 53.6 Å². The third-order valence-electron chi connectivity index (χ3n) is 18.9. The van der Waals surface area contributed by atoms with Crippen LogP contribution >= 0.6 is 0 Å². The third-order valence-corrected chi connectivity index (χ3v) is 18.9. The summed E-state index contributed by atoms with van der Waals surface area (Å²) < 4.78 is 6.82. The zero-order valence-corrected chi connectivity index (χ0v) is 61.7. The van der Waals surface area contributed by atoms with Crippen molar-refractivity contribution in [3.63, 3.8) is 0 Å². The van der Waals surface area contributed by atoms with Gasteiger partial charge in [0.2, 0.25) is 0 Å². The number of fused-ring (bicyclic) bond motifs is 3. The highest BCUT2D eigenvalue weighted by molar-refractivity contribution is 5.96. The summed E-state index contributed by atoms with van der Waals surface area (Å²) in [4.78, 5) is 67.0. The van der Waals surface area contributed by atoms with E-state index in [0.29, 0.717) is 82.1 Å². The molecule has 4 heterocycles. The number of nitrogens with zero attached hydrogens (tertiary/aromatic N) is 10. The van der Waals surface area contributed by atoms with E-state index in [0.717, 1.165) is 80.1 Å². The van der Waals surface area contributed by atoms with E-state index in [1.807, 2.05) is 138 Å². The van der Waals surface area contributed by atoms with Gasteiger partial charge in [0, 0.05) is 56.6 Å². The Morgan fingerprint density at radius 2 is 0.757 bits per heavy atom. The van der Waals surface area contributed by atoms with Crippen molar-refractivity contribution in [1.29, 1.82) is 0 Å². The predicted octanol–water partition coefficient (Wildman–Crippen LogP) is 16.4. The Labute approximate surface area is 608 Å². The van der Waals surface area contributed by atoms with E-state index in [9.17, 15) is 14.4 Å². The lowest BCUT2D eigenvalue weighted by atomic mass is 9.99. The van der Waals surface area contributed by atoms with Crippen LogP contribution in [0.25, 0.3) is 33.1 Å². The largest absolute Gasteiger partial charge is 0.330 e. The summed E-state index contributed by atoms with van der Waals surface area (Å²) >= 11 is 0. The molecule has 534 valence electrons. The molecule has 16 heteroatoms. The lowest BCUT2D eigenvalue weighted by Crippen LogP contribution is -2.40. The first-order chi connectivity index (χ1) is 49.9. The van der Waals surface area contributed by atoms with Crippen LogP contribution in [0.4, 0.5) is 0 Å². The minimum Gasteiger partial charge on any atom is -0.330 e. The topological polar surface area (TPSA) is 205 Å². The number of amides is 3. The number of para-hydroxylation sites is 3. The molecule has 0 saturated carbocycles. The summed E-state index contributed by atoms with van der Waals surface area (Å²) in [6.45, 7) is 26.6. The predicted molar refractivity (Wildman–Crippen MR) is 419 cm³/mol. The average molecular weight is 1380 g/mol. The van der Waals surface area contributed by atoms with Gasteiger partial charge in [0.15, 0.2) is 0 Å². The number of nitrogens with two attached hydrogens (primary N) is 3. The van der Waals surface area contributed by atoms with Gasteiger partial charge in [-0.05, 0) is 179 Å². The number of rotatable bonds is 27. The average Bonchev–Trinajstić information content (AvgIpc) is 1.64. The number of aromatic nitrogens is 7. The number of carbonyl (C=O) groups is 3. The smallest absolute Gasteiger partial charge is 0.273 e. The van der Waals surface area contributed by atoms with E-state index in [1.165, 1.54) is 22.3 Å². The molecule has 12 rings (SSSR count). The molecule has 8 aromatic carbocycles. The van der Waals surface area contributed by atoms with Gasteiger partial charge in [-0.25, -0.2) is 15.0 Å². The van der Waals surface area contributed by atoms with Crippen molar-refractivity contribution in [3.8, 4) is 0 Å². The Morgan fingerprint density at radius 3 is 1.19 bits per heavy atom. The Morgan fingerprint density at radius 1 is 0.379 bits per heavy atom. The zero-order valence-electron chi connectivity index (χ0n) is 61.7. The second-order valence-corrected chi connectivity index (χ2v) is 28.0. The molecule has 0 aliphatic rings. The van der Waals surface area contributed by atoms with Gasteiger partial charge >= 0.3 is 0 Å². The van der Waals surface area contributed by atoms with E-state index < -0.39 is 0 Å². The highest BCUT2D eigenvalue weighted by atomic mass is 16.2. The van der Waals surface area contributed by atoms with Gasteiger partial charge in [0.1, 0.15) is 23.2 Å². The Bertz CT molecular complexity index is 4680. The molecule has 0 spiro atoms. The Balaban J connectivity index is 0.000000166. The molecular formula is C87H103N13O3. The normalized spacial score (nSPS) is 12.3. The van der Waals surface area contributed by atoms with Crippen LogP contribution < -0.4 is 17.2 Å². The highest BCUT2D eigenvalue weighted by Crippen LogP contribution is 2.37. The molecule has 0 aliphatic heterocycles. The number of aryl methyl sites for hydroxylation is 4. The standard InChI is InChI=1S/2C30H36N4O.C27H31N5O/c1-21(2)28(33(19-9-18-31)30(35)25-16-14-22(3)15-17-25)29-32-27-23(4)10-8-13-26(27)34(29)20-24-11-6-5-7-12-24;1-21(2)28(33(18-8-17-31)30(35)25-14-11-22(3)12-15-25)29-32-26-19-23(4)13-16-27(26)34(29)20-24-9-6-5-7-10-24;1-20(2)25(31(18-10-16-28)27(33)23-14-8-9-17-29-23)26-30-22-13-6-7-15-24(22)32(26)19-21-11-4-3-5-12-21/h5-8,10-17,21,28H,9,18-20,31H2,1-4H3;5-7,9-16,19,21,28H,8,17-18,20,31H2,1-4H3;3-9,11-15,17,20,25H,10,16,18-19,28H2,1-2H3/t2*28-;25-/m111/s1. The van der Waals surface area contributed by atoms with Gasteiger partial charge in [0.05, 0.1) is 51.2 Å². The second-order valence-electron chi connectivity index (χ2n) is 28.0. The lowest BCUT2D eigenvalue weighted by molar-refractivity contribution is 0.0594. The SMILES string of the molecule is CC(C)[C@H](c1nc2ccccc2n1Cc1ccccc1)N(CCCN)C(=O)c1ccccn1.Cc1ccc(C(=O)N(CCCN)[C@@H](c2nc3c(C)cccc3n2Cc2ccccc2)C(C)C)cc1.Cc1ccc(C(=O)N(CCCN)[C@@H](c2nc3cc(C)ccc3n2Cc2ccccc2)C(C)C)cc1. The monoisotopic (exact) mass is 1380 g/mol. The van der Waals surface area contributed by atoms with Crippen molar-refractivity contribution in [2.45, 2.75) is 126 Å². The fraction of sp³-hybridized carbons (Fsp3) is 0.322. The summed E-state index contributed by atoms with van der Waals surface area (Å²) in [5.74, 6) is 3.13. The molecule has 0 unspecified atom stereocenters. The second kappa shape index (κ2) is 36.0. The van der Waals surface area contributed by atoms with Crippen LogP contribution in [0.3, 0.4) is 0 Å². The minimum atomic E-state index is -0.220. The first-order valence-electron chi connectivity index (χ1n) is 36.5. The molecule has 0 aliphatic carbocycles. The number of benzene rings is 8. The van der Waals surface area contributed by atoms with Gasteiger partial charge in [-0.15, -0.1) is 0 Å². The van der Waals surface area contributed by atoms with Crippen LogP contribution in [0.15, 0.2) is 225 Å². The molecule has 12 aromatic rings. The van der Waals surface area contributed by atoms with Gasteiger partial charge < -0.3 is 45.6 Å². The van der Waals surface area contributed by atoms with Crippen LogP contribution in [-0.2, 0) is 19.6 Å². The molecule has 4 aromatic heterocycles. The van der Waals surface area contributed by atoms with Gasteiger partial charge in [-0.3, -0.25) is 19.4 Å². The molecule has 3 amide bonds. The first kappa shape index (κ1) is 75.3. The molecule has 16 nitrogen and oxygen atoms in total. The van der Waals surface area contributed by atoms with Crippen molar-refractivity contribution < 1.29 is 14.4 Å². The molecule has 0 fully saturated rings. The van der Waals surface area contributed by atoms with Crippen molar-refractivity contribution in [1.82, 2.24) is 48.3 Å².